The number of aromatic nitrogens is 3. The largest absolute Gasteiger partial charge is 0.309 e. The highest BCUT2D eigenvalue weighted by molar-refractivity contribution is 6.13. The van der Waals surface area contributed by atoms with Crippen LogP contribution >= 0.6 is 0 Å². The maximum atomic E-state index is 5.31. The molecule has 3 nitrogen and oxygen atoms in total. The predicted molar refractivity (Wildman–Crippen MR) is 202 cm³/mol. The standard InChI is InChI=1S/C45H31N3/c1-2-11-29-21-22-32-25-33(23-24-37(32)36(29)16-3-1)44-39-18-6-8-19-41(39)46-45(47-44)34-14-10-15-35(26-34)48-42-20-9-7-17-38(42)40-27-30-12-4-5-13-31(30)28-43(40)48/h2,4-15,17-28H,1,3,16H2. The van der Waals surface area contributed by atoms with Crippen LogP contribution in [-0.2, 0) is 6.42 Å². The lowest BCUT2D eigenvalue weighted by Crippen LogP contribution is -1.98. The van der Waals surface area contributed by atoms with Crippen LogP contribution in [0.4, 0.5) is 0 Å². The molecule has 0 radical (unpaired) electrons. The van der Waals surface area contributed by atoms with Gasteiger partial charge in [0.1, 0.15) is 0 Å². The fraction of sp³-hybridized carbons (Fsp3) is 0.0667. The highest BCUT2D eigenvalue weighted by Gasteiger charge is 2.17. The van der Waals surface area contributed by atoms with Gasteiger partial charge in [0.2, 0.25) is 0 Å². The number of nitrogens with zero attached hydrogens (tertiary/aromatic N) is 3. The molecule has 0 bridgehead atoms. The summed E-state index contributed by atoms with van der Waals surface area (Å²) < 4.78 is 2.38. The van der Waals surface area contributed by atoms with Crippen molar-refractivity contribution < 1.29 is 0 Å². The highest BCUT2D eigenvalue weighted by atomic mass is 15.0. The number of fused-ring (bicyclic) bond motifs is 8. The molecular formula is C45H31N3. The molecule has 226 valence electrons. The fourth-order valence-corrected chi connectivity index (χ4v) is 7.74. The first kappa shape index (κ1) is 27.1. The van der Waals surface area contributed by atoms with Gasteiger partial charge in [0.15, 0.2) is 5.82 Å². The van der Waals surface area contributed by atoms with E-state index in [1.54, 1.807) is 0 Å². The minimum atomic E-state index is 0.726. The first-order valence-corrected chi connectivity index (χ1v) is 16.8. The summed E-state index contributed by atoms with van der Waals surface area (Å²) in [6.45, 7) is 0. The van der Waals surface area contributed by atoms with E-state index >= 15 is 0 Å². The Kier molecular flexibility index (Phi) is 6.07. The van der Waals surface area contributed by atoms with Gasteiger partial charge in [-0.15, -0.1) is 0 Å². The summed E-state index contributed by atoms with van der Waals surface area (Å²) in [5.74, 6) is 0.726. The summed E-state index contributed by atoms with van der Waals surface area (Å²) in [5, 5.41) is 8.64. The summed E-state index contributed by atoms with van der Waals surface area (Å²) >= 11 is 0. The minimum absolute atomic E-state index is 0.726. The summed E-state index contributed by atoms with van der Waals surface area (Å²) in [7, 11) is 0. The van der Waals surface area contributed by atoms with Crippen LogP contribution in [0.3, 0.4) is 0 Å². The van der Waals surface area contributed by atoms with Crippen molar-refractivity contribution in [3.63, 3.8) is 0 Å². The lowest BCUT2D eigenvalue weighted by Gasteiger charge is -2.14. The second-order valence-electron chi connectivity index (χ2n) is 12.9. The van der Waals surface area contributed by atoms with E-state index in [1.165, 1.54) is 60.9 Å². The van der Waals surface area contributed by atoms with Crippen molar-refractivity contribution in [3.8, 4) is 28.3 Å². The van der Waals surface area contributed by atoms with Gasteiger partial charge in [-0.2, -0.15) is 0 Å². The summed E-state index contributed by atoms with van der Waals surface area (Å²) in [5.41, 5.74) is 10.3. The van der Waals surface area contributed by atoms with Gasteiger partial charge in [0, 0.05) is 33.0 Å². The van der Waals surface area contributed by atoms with Crippen molar-refractivity contribution in [1.29, 1.82) is 0 Å². The highest BCUT2D eigenvalue weighted by Crippen LogP contribution is 2.37. The van der Waals surface area contributed by atoms with Gasteiger partial charge in [-0.25, -0.2) is 9.97 Å². The van der Waals surface area contributed by atoms with E-state index in [1.807, 2.05) is 0 Å². The molecule has 0 saturated carbocycles. The Hall–Kier alpha value is -6.06. The van der Waals surface area contributed by atoms with Crippen LogP contribution in [0, 0.1) is 0 Å². The predicted octanol–water partition coefficient (Wildman–Crippen LogP) is 11.7. The zero-order valence-corrected chi connectivity index (χ0v) is 26.4. The van der Waals surface area contributed by atoms with Gasteiger partial charge in [-0.05, 0) is 94.4 Å². The number of aryl methyl sites for hydroxylation is 1. The zero-order chi connectivity index (χ0) is 31.6. The van der Waals surface area contributed by atoms with Crippen LogP contribution in [-0.4, -0.2) is 14.5 Å². The molecule has 7 aromatic carbocycles. The van der Waals surface area contributed by atoms with E-state index < -0.39 is 0 Å². The molecule has 0 unspecified atom stereocenters. The lowest BCUT2D eigenvalue weighted by atomic mass is 9.94. The van der Waals surface area contributed by atoms with E-state index in [4.69, 9.17) is 9.97 Å². The molecular weight excluding hydrogens is 583 g/mol. The zero-order valence-electron chi connectivity index (χ0n) is 26.4. The van der Waals surface area contributed by atoms with Crippen LogP contribution in [0.2, 0.25) is 0 Å². The smallest absolute Gasteiger partial charge is 0.160 e. The van der Waals surface area contributed by atoms with Crippen molar-refractivity contribution in [2.45, 2.75) is 19.3 Å². The minimum Gasteiger partial charge on any atom is -0.309 e. The number of allylic oxidation sites excluding steroid dienone is 1. The summed E-state index contributed by atoms with van der Waals surface area (Å²) in [6, 6.07) is 50.4. The molecule has 0 amide bonds. The molecule has 48 heavy (non-hydrogen) atoms. The summed E-state index contributed by atoms with van der Waals surface area (Å²) in [4.78, 5) is 10.4. The molecule has 9 aromatic rings. The van der Waals surface area contributed by atoms with E-state index in [-0.39, 0.29) is 0 Å². The van der Waals surface area contributed by atoms with Gasteiger partial charge < -0.3 is 4.57 Å². The van der Waals surface area contributed by atoms with Gasteiger partial charge in [-0.1, -0.05) is 109 Å². The Labute approximate surface area is 278 Å². The number of hydrogen-bond donors (Lipinski definition) is 0. The molecule has 1 aliphatic carbocycles. The van der Waals surface area contributed by atoms with Gasteiger partial charge >= 0.3 is 0 Å². The van der Waals surface area contributed by atoms with Crippen LogP contribution in [0.1, 0.15) is 24.0 Å². The quantitative estimate of drug-likeness (QED) is 0.198. The maximum absolute atomic E-state index is 5.31. The molecule has 0 N–H and O–H groups in total. The monoisotopic (exact) mass is 613 g/mol. The molecule has 1 aliphatic rings. The molecule has 0 fully saturated rings. The molecule has 2 aromatic heterocycles. The van der Waals surface area contributed by atoms with Gasteiger partial charge in [0.25, 0.3) is 0 Å². The topological polar surface area (TPSA) is 30.7 Å². The van der Waals surface area contributed by atoms with Crippen LogP contribution < -0.4 is 0 Å². The van der Waals surface area contributed by atoms with E-state index in [9.17, 15) is 0 Å². The molecule has 0 spiro atoms. The Morgan fingerprint density at radius 2 is 1.35 bits per heavy atom. The molecule has 0 saturated heterocycles. The first-order chi connectivity index (χ1) is 23.8. The molecule has 0 atom stereocenters. The SMILES string of the molecule is C1=Cc2ccc3cc(-c4nc(-c5cccc(-n6c7ccccc7c7cc8ccccc8cc76)c5)nc5ccccc45)ccc3c2CCC1. The first-order valence-electron chi connectivity index (χ1n) is 16.8. The Balaban J connectivity index is 1.15. The van der Waals surface area contributed by atoms with Gasteiger partial charge in [-0.3, -0.25) is 0 Å². The van der Waals surface area contributed by atoms with Crippen molar-refractivity contribution in [1.82, 2.24) is 14.5 Å². The number of benzene rings is 7. The van der Waals surface area contributed by atoms with Crippen molar-refractivity contribution >= 4 is 60.3 Å². The molecule has 10 rings (SSSR count). The van der Waals surface area contributed by atoms with Crippen LogP contribution in [0.5, 0.6) is 0 Å². The number of hydrogen-bond acceptors (Lipinski definition) is 2. The van der Waals surface area contributed by atoms with Crippen LogP contribution in [0.25, 0.3) is 88.7 Å². The second kappa shape index (κ2) is 10.8. The Morgan fingerprint density at radius 3 is 2.29 bits per heavy atom. The normalized spacial score (nSPS) is 13.1. The van der Waals surface area contributed by atoms with E-state index in [2.05, 4.69) is 156 Å². The number of para-hydroxylation sites is 2. The van der Waals surface area contributed by atoms with Crippen molar-refractivity contribution in [3.05, 3.63) is 157 Å². The van der Waals surface area contributed by atoms with E-state index in [0.29, 0.717) is 0 Å². The van der Waals surface area contributed by atoms with Crippen LogP contribution in [0.15, 0.2) is 146 Å². The third kappa shape index (κ3) is 4.28. The molecule has 3 heteroatoms. The lowest BCUT2D eigenvalue weighted by molar-refractivity contribution is 0.857. The Bertz CT molecular complexity index is 2770. The van der Waals surface area contributed by atoms with E-state index in [0.717, 1.165) is 52.1 Å². The second-order valence-corrected chi connectivity index (χ2v) is 12.9. The number of rotatable bonds is 3. The maximum Gasteiger partial charge on any atom is 0.160 e. The van der Waals surface area contributed by atoms with Crippen molar-refractivity contribution in [2.24, 2.45) is 0 Å². The third-order valence-corrected chi connectivity index (χ3v) is 10.0. The van der Waals surface area contributed by atoms with Gasteiger partial charge in [0.05, 0.1) is 22.2 Å². The summed E-state index contributed by atoms with van der Waals surface area (Å²) in [6.07, 6.45) is 8.03. The fourth-order valence-electron chi connectivity index (χ4n) is 7.74. The average Bonchev–Trinajstić information content (AvgIpc) is 3.27. The average molecular weight is 614 g/mol. The van der Waals surface area contributed by atoms with Crippen molar-refractivity contribution in [2.75, 3.05) is 0 Å². The molecule has 2 heterocycles. The molecule has 0 aliphatic heterocycles. The third-order valence-electron chi connectivity index (χ3n) is 10.0. The Morgan fingerprint density at radius 1 is 0.521 bits per heavy atom.